The largest absolute Gasteiger partial charge is 0.294 e. The van der Waals surface area contributed by atoms with Crippen LogP contribution in [0.4, 0.5) is 0 Å². The van der Waals surface area contributed by atoms with Gasteiger partial charge in [0.25, 0.3) is 0 Å². The monoisotopic (exact) mass is 266 g/mol. The Morgan fingerprint density at radius 2 is 1.70 bits per heavy atom. The summed E-state index contributed by atoms with van der Waals surface area (Å²) in [6.07, 6.45) is 1.40. The Labute approximate surface area is 121 Å². The van der Waals surface area contributed by atoms with Gasteiger partial charge in [0.1, 0.15) is 0 Å². The Morgan fingerprint density at radius 1 is 0.950 bits per heavy atom. The van der Waals surface area contributed by atoms with Crippen LogP contribution < -0.4 is 0 Å². The predicted molar refractivity (Wildman–Crippen MR) is 84.5 cm³/mol. The molecule has 20 heavy (non-hydrogen) atoms. The van der Waals surface area contributed by atoms with E-state index in [0.717, 1.165) is 17.5 Å². The smallest absolute Gasteiger partial charge is 0.163 e. The maximum Gasteiger partial charge on any atom is 0.163 e. The molecule has 0 heterocycles. The molecule has 0 aromatic heterocycles. The number of hydrogen-bond donors (Lipinski definition) is 0. The predicted octanol–water partition coefficient (Wildman–Crippen LogP) is 4.74. The molecule has 0 radical (unpaired) electrons. The molecule has 0 atom stereocenters. The maximum absolute atomic E-state index is 12.4. The van der Waals surface area contributed by atoms with E-state index >= 15 is 0 Å². The lowest BCUT2D eigenvalue weighted by Crippen LogP contribution is -2.05. The van der Waals surface area contributed by atoms with Gasteiger partial charge in [-0.3, -0.25) is 4.79 Å². The SMILES string of the molecule is Cc1ccc(C)c(CCC(=O)c2cccc(C)c2C)c1. The van der Waals surface area contributed by atoms with E-state index in [1.165, 1.54) is 22.3 Å². The van der Waals surface area contributed by atoms with Crippen molar-refractivity contribution in [3.8, 4) is 0 Å². The first-order valence-electron chi connectivity index (χ1n) is 7.14. The van der Waals surface area contributed by atoms with Crippen LogP contribution in [0, 0.1) is 27.7 Å². The zero-order valence-corrected chi connectivity index (χ0v) is 12.8. The van der Waals surface area contributed by atoms with Gasteiger partial charge in [-0.05, 0) is 56.4 Å². The Kier molecular flexibility index (Phi) is 4.39. The minimum atomic E-state index is 0.243. The van der Waals surface area contributed by atoms with Crippen molar-refractivity contribution in [2.75, 3.05) is 0 Å². The lowest BCUT2D eigenvalue weighted by Gasteiger charge is -2.09. The van der Waals surface area contributed by atoms with Crippen molar-refractivity contribution in [1.82, 2.24) is 0 Å². The van der Waals surface area contributed by atoms with Crippen molar-refractivity contribution in [1.29, 1.82) is 0 Å². The molecule has 2 rings (SSSR count). The van der Waals surface area contributed by atoms with Crippen LogP contribution in [0.2, 0.25) is 0 Å². The van der Waals surface area contributed by atoms with E-state index in [2.05, 4.69) is 45.0 Å². The minimum Gasteiger partial charge on any atom is -0.294 e. The summed E-state index contributed by atoms with van der Waals surface area (Å²) >= 11 is 0. The van der Waals surface area contributed by atoms with Crippen molar-refractivity contribution < 1.29 is 4.79 Å². The molecule has 0 aliphatic carbocycles. The molecule has 0 N–H and O–H groups in total. The zero-order valence-electron chi connectivity index (χ0n) is 12.8. The quantitative estimate of drug-likeness (QED) is 0.731. The van der Waals surface area contributed by atoms with E-state index in [4.69, 9.17) is 0 Å². The van der Waals surface area contributed by atoms with Crippen molar-refractivity contribution in [3.63, 3.8) is 0 Å². The fraction of sp³-hybridized carbons (Fsp3) is 0.316. The summed E-state index contributed by atoms with van der Waals surface area (Å²) in [6, 6.07) is 12.4. The van der Waals surface area contributed by atoms with Crippen LogP contribution in [0.5, 0.6) is 0 Å². The van der Waals surface area contributed by atoms with Crippen LogP contribution >= 0.6 is 0 Å². The summed E-state index contributed by atoms with van der Waals surface area (Å²) in [5.41, 5.74) is 6.97. The summed E-state index contributed by atoms with van der Waals surface area (Å²) in [6.45, 7) is 8.28. The van der Waals surface area contributed by atoms with Gasteiger partial charge in [-0.15, -0.1) is 0 Å². The topological polar surface area (TPSA) is 17.1 Å². The van der Waals surface area contributed by atoms with E-state index in [0.29, 0.717) is 6.42 Å². The first-order valence-corrected chi connectivity index (χ1v) is 7.14. The lowest BCUT2D eigenvalue weighted by atomic mass is 9.95. The summed E-state index contributed by atoms with van der Waals surface area (Å²) < 4.78 is 0. The fourth-order valence-electron chi connectivity index (χ4n) is 2.51. The third kappa shape index (κ3) is 3.16. The third-order valence-electron chi connectivity index (χ3n) is 4.03. The van der Waals surface area contributed by atoms with Gasteiger partial charge in [-0.2, -0.15) is 0 Å². The van der Waals surface area contributed by atoms with Crippen LogP contribution in [-0.4, -0.2) is 5.78 Å². The Hall–Kier alpha value is -1.89. The molecule has 0 fully saturated rings. The molecule has 0 aliphatic heterocycles. The fourth-order valence-corrected chi connectivity index (χ4v) is 2.51. The van der Waals surface area contributed by atoms with Crippen molar-refractivity contribution in [3.05, 3.63) is 69.8 Å². The van der Waals surface area contributed by atoms with Gasteiger partial charge in [0, 0.05) is 12.0 Å². The molecule has 0 aliphatic rings. The van der Waals surface area contributed by atoms with E-state index in [-0.39, 0.29) is 5.78 Å². The third-order valence-corrected chi connectivity index (χ3v) is 4.03. The molecular formula is C19H22O. The number of aryl methyl sites for hydroxylation is 4. The Balaban J connectivity index is 2.13. The van der Waals surface area contributed by atoms with Gasteiger partial charge in [0.15, 0.2) is 5.78 Å². The highest BCUT2D eigenvalue weighted by atomic mass is 16.1. The first-order chi connectivity index (χ1) is 9.49. The zero-order chi connectivity index (χ0) is 14.7. The number of carbonyl (C=O) groups excluding carboxylic acids is 1. The van der Waals surface area contributed by atoms with Crippen molar-refractivity contribution in [2.24, 2.45) is 0 Å². The molecule has 1 heteroatoms. The highest BCUT2D eigenvalue weighted by molar-refractivity contribution is 5.97. The second kappa shape index (κ2) is 6.04. The van der Waals surface area contributed by atoms with Gasteiger partial charge in [-0.1, -0.05) is 42.0 Å². The number of rotatable bonds is 4. The molecule has 0 bridgehead atoms. The Bertz CT molecular complexity index is 638. The van der Waals surface area contributed by atoms with Gasteiger partial charge in [0.2, 0.25) is 0 Å². The second-order valence-electron chi connectivity index (χ2n) is 5.60. The molecule has 0 saturated heterocycles. The standard InChI is InChI=1S/C19H22O/c1-13-8-9-15(3)17(12-13)10-11-19(20)18-7-5-6-14(2)16(18)4/h5-9,12H,10-11H2,1-4H3. The van der Waals surface area contributed by atoms with Crippen LogP contribution in [0.3, 0.4) is 0 Å². The highest BCUT2D eigenvalue weighted by Crippen LogP contribution is 2.18. The minimum absolute atomic E-state index is 0.243. The molecule has 104 valence electrons. The average molecular weight is 266 g/mol. The molecule has 0 saturated carbocycles. The summed E-state index contributed by atoms with van der Waals surface area (Å²) in [5.74, 6) is 0.243. The molecule has 2 aromatic rings. The normalized spacial score (nSPS) is 10.6. The van der Waals surface area contributed by atoms with Crippen molar-refractivity contribution in [2.45, 2.75) is 40.5 Å². The van der Waals surface area contributed by atoms with Crippen LogP contribution in [0.1, 0.15) is 44.6 Å². The highest BCUT2D eigenvalue weighted by Gasteiger charge is 2.11. The van der Waals surface area contributed by atoms with E-state index < -0.39 is 0 Å². The molecular weight excluding hydrogens is 244 g/mol. The van der Waals surface area contributed by atoms with E-state index in [1.54, 1.807) is 0 Å². The lowest BCUT2D eigenvalue weighted by molar-refractivity contribution is 0.0982. The van der Waals surface area contributed by atoms with Crippen molar-refractivity contribution >= 4 is 5.78 Å². The molecule has 1 nitrogen and oxygen atoms in total. The van der Waals surface area contributed by atoms with Gasteiger partial charge in [0.05, 0.1) is 0 Å². The summed E-state index contributed by atoms with van der Waals surface area (Å²) in [4.78, 5) is 12.4. The van der Waals surface area contributed by atoms with E-state index in [1.807, 2.05) is 19.1 Å². The molecule has 0 spiro atoms. The van der Waals surface area contributed by atoms with Crippen LogP contribution in [0.15, 0.2) is 36.4 Å². The Morgan fingerprint density at radius 3 is 2.45 bits per heavy atom. The average Bonchev–Trinajstić information content (AvgIpc) is 2.42. The van der Waals surface area contributed by atoms with Gasteiger partial charge >= 0.3 is 0 Å². The molecule has 0 unspecified atom stereocenters. The summed E-state index contributed by atoms with van der Waals surface area (Å²) in [7, 11) is 0. The number of ketones is 1. The first kappa shape index (κ1) is 14.5. The van der Waals surface area contributed by atoms with Gasteiger partial charge in [-0.25, -0.2) is 0 Å². The number of benzene rings is 2. The number of carbonyl (C=O) groups is 1. The van der Waals surface area contributed by atoms with Crippen LogP contribution in [-0.2, 0) is 6.42 Å². The molecule has 2 aromatic carbocycles. The summed E-state index contributed by atoms with van der Waals surface area (Å²) in [5, 5.41) is 0. The maximum atomic E-state index is 12.4. The van der Waals surface area contributed by atoms with E-state index in [9.17, 15) is 4.79 Å². The second-order valence-corrected chi connectivity index (χ2v) is 5.60. The van der Waals surface area contributed by atoms with Crippen LogP contribution in [0.25, 0.3) is 0 Å². The number of hydrogen-bond acceptors (Lipinski definition) is 1. The van der Waals surface area contributed by atoms with Gasteiger partial charge < -0.3 is 0 Å². The molecule has 0 amide bonds. The number of Topliss-reactive ketones (excluding diaryl/α,β-unsaturated/α-hetero) is 1.